The van der Waals surface area contributed by atoms with Crippen molar-refractivity contribution in [3.8, 4) is 5.75 Å². The van der Waals surface area contributed by atoms with E-state index in [1.807, 2.05) is 24.3 Å². The van der Waals surface area contributed by atoms with E-state index in [0.29, 0.717) is 6.61 Å². The minimum absolute atomic E-state index is 0.187. The van der Waals surface area contributed by atoms with Gasteiger partial charge in [-0.25, -0.2) is 5.43 Å². The number of rotatable bonds is 6. The van der Waals surface area contributed by atoms with Gasteiger partial charge in [-0.1, -0.05) is 19.1 Å². The molecule has 2 aromatic rings. The number of benzene rings is 1. The van der Waals surface area contributed by atoms with Crippen LogP contribution in [-0.2, 0) is 0 Å². The number of hydrogen-bond donors (Lipinski definition) is 2. The predicted octanol–water partition coefficient (Wildman–Crippen LogP) is 1.40. The van der Waals surface area contributed by atoms with Crippen LogP contribution in [0.4, 0.5) is 5.95 Å². The summed E-state index contributed by atoms with van der Waals surface area (Å²) < 4.78 is 5.52. The van der Waals surface area contributed by atoms with Crippen LogP contribution in [0.2, 0.25) is 0 Å². The Kier molecular flexibility index (Phi) is 4.82. The van der Waals surface area contributed by atoms with Crippen LogP contribution in [0.15, 0.2) is 40.4 Å². The van der Waals surface area contributed by atoms with Crippen molar-refractivity contribution in [2.75, 3.05) is 12.0 Å². The summed E-state index contributed by atoms with van der Waals surface area (Å²) in [7, 11) is 0. The molecule has 1 aromatic carbocycles. The first-order chi connectivity index (χ1) is 9.78. The molecule has 2 rings (SSSR count). The van der Waals surface area contributed by atoms with Gasteiger partial charge in [-0.15, -0.1) is 10.2 Å². The Balaban J connectivity index is 1.98. The maximum Gasteiger partial charge on any atom is 0.271 e. The van der Waals surface area contributed by atoms with E-state index < -0.39 is 0 Å². The lowest BCUT2D eigenvalue weighted by Crippen LogP contribution is -2.10. The van der Waals surface area contributed by atoms with Crippen LogP contribution >= 0.6 is 0 Å². The zero-order chi connectivity index (χ0) is 14.2. The molecule has 0 bridgehead atoms. The standard InChI is InChI=1S/C13H15N5O2/c1-2-6-20-11-5-3-4-10(7-11)8-14-17-13-16-12(19)9-15-18-13/h3-5,7-9H,2,6H2,1H3,(H2,16,17,18,19)/b14-8+. The lowest BCUT2D eigenvalue weighted by Gasteiger charge is -2.04. The average molecular weight is 273 g/mol. The smallest absolute Gasteiger partial charge is 0.271 e. The molecule has 7 heteroatoms. The molecule has 0 aliphatic heterocycles. The summed E-state index contributed by atoms with van der Waals surface area (Å²) in [5, 5.41) is 11.2. The number of H-pyrrole nitrogens is 1. The number of ether oxygens (including phenoxy) is 1. The van der Waals surface area contributed by atoms with E-state index in [9.17, 15) is 4.79 Å². The zero-order valence-electron chi connectivity index (χ0n) is 11.0. The van der Waals surface area contributed by atoms with Crippen molar-refractivity contribution in [1.82, 2.24) is 15.2 Å². The fraction of sp³-hybridized carbons (Fsp3) is 0.231. The largest absolute Gasteiger partial charge is 0.494 e. The molecule has 7 nitrogen and oxygen atoms in total. The molecule has 0 spiro atoms. The molecule has 1 aromatic heterocycles. The summed E-state index contributed by atoms with van der Waals surface area (Å²) in [4.78, 5) is 13.5. The molecule has 104 valence electrons. The molecule has 0 unspecified atom stereocenters. The Morgan fingerprint density at radius 1 is 1.50 bits per heavy atom. The van der Waals surface area contributed by atoms with Crippen molar-refractivity contribution < 1.29 is 4.74 Å². The summed E-state index contributed by atoms with van der Waals surface area (Å²) >= 11 is 0. The van der Waals surface area contributed by atoms with Gasteiger partial charge in [-0.3, -0.25) is 9.78 Å². The van der Waals surface area contributed by atoms with Crippen LogP contribution in [0.3, 0.4) is 0 Å². The van der Waals surface area contributed by atoms with Gasteiger partial charge in [0.15, 0.2) is 0 Å². The Morgan fingerprint density at radius 2 is 2.40 bits per heavy atom. The van der Waals surface area contributed by atoms with Crippen LogP contribution in [0.1, 0.15) is 18.9 Å². The minimum atomic E-state index is -0.340. The van der Waals surface area contributed by atoms with Crippen LogP contribution in [0.25, 0.3) is 0 Å². The highest BCUT2D eigenvalue weighted by Crippen LogP contribution is 2.12. The monoisotopic (exact) mass is 273 g/mol. The number of nitrogens with one attached hydrogen (secondary N) is 2. The third kappa shape index (κ3) is 4.20. The molecule has 0 saturated carbocycles. The molecule has 0 radical (unpaired) electrons. The van der Waals surface area contributed by atoms with E-state index in [2.05, 4.69) is 32.6 Å². The van der Waals surface area contributed by atoms with E-state index in [1.54, 1.807) is 6.21 Å². The Hall–Kier alpha value is -2.70. The normalized spacial score (nSPS) is 10.7. The van der Waals surface area contributed by atoms with Gasteiger partial charge in [-0.2, -0.15) is 5.10 Å². The number of aromatic amines is 1. The minimum Gasteiger partial charge on any atom is -0.494 e. The average Bonchev–Trinajstić information content (AvgIpc) is 2.46. The highest BCUT2D eigenvalue weighted by atomic mass is 16.5. The number of hydrogen-bond acceptors (Lipinski definition) is 6. The van der Waals surface area contributed by atoms with Crippen LogP contribution < -0.4 is 15.7 Å². The number of hydrazone groups is 1. The molecule has 0 amide bonds. The maximum atomic E-state index is 11.0. The topological polar surface area (TPSA) is 92.3 Å². The van der Waals surface area contributed by atoms with E-state index in [0.717, 1.165) is 23.9 Å². The van der Waals surface area contributed by atoms with E-state index in [1.165, 1.54) is 0 Å². The zero-order valence-corrected chi connectivity index (χ0v) is 11.0. The van der Waals surface area contributed by atoms with Crippen molar-refractivity contribution in [2.45, 2.75) is 13.3 Å². The number of nitrogens with zero attached hydrogens (tertiary/aromatic N) is 3. The molecule has 0 atom stereocenters. The first-order valence-electron chi connectivity index (χ1n) is 6.22. The maximum absolute atomic E-state index is 11.0. The first-order valence-corrected chi connectivity index (χ1v) is 6.22. The Labute approximate surface area is 115 Å². The van der Waals surface area contributed by atoms with Gasteiger partial charge in [-0.05, 0) is 24.1 Å². The second kappa shape index (κ2) is 7.03. The van der Waals surface area contributed by atoms with Gasteiger partial charge in [0.1, 0.15) is 11.9 Å². The van der Waals surface area contributed by atoms with Crippen LogP contribution in [-0.4, -0.2) is 28.0 Å². The van der Waals surface area contributed by atoms with E-state index in [-0.39, 0.29) is 11.5 Å². The lowest BCUT2D eigenvalue weighted by atomic mass is 10.2. The molecule has 0 aliphatic rings. The molecule has 1 heterocycles. The predicted molar refractivity (Wildman–Crippen MR) is 76.1 cm³/mol. The fourth-order valence-electron chi connectivity index (χ4n) is 1.44. The summed E-state index contributed by atoms with van der Waals surface area (Å²) in [5.74, 6) is 0.982. The second-order valence-electron chi connectivity index (χ2n) is 3.97. The van der Waals surface area contributed by atoms with E-state index in [4.69, 9.17) is 4.74 Å². The van der Waals surface area contributed by atoms with Gasteiger partial charge < -0.3 is 4.74 Å². The van der Waals surface area contributed by atoms with Gasteiger partial charge >= 0.3 is 0 Å². The number of aromatic nitrogens is 3. The molecule has 2 N–H and O–H groups in total. The first kappa shape index (κ1) is 13.7. The van der Waals surface area contributed by atoms with E-state index >= 15 is 0 Å². The van der Waals surface area contributed by atoms with Crippen molar-refractivity contribution in [1.29, 1.82) is 0 Å². The van der Waals surface area contributed by atoms with Gasteiger partial charge in [0, 0.05) is 0 Å². The lowest BCUT2D eigenvalue weighted by molar-refractivity contribution is 0.317. The van der Waals surface area contributed by atoms with Gasteiger partial charge in [0.05, 0.1) is 12.8 Å². The molecular weight excluding hydrogens is 258 g/mol. The third-order valence-corrected chi connectivity index (χ3v) is 2.29. The van der Waals surface area contributed by atoms with Crippen LogP contribution in [0, 0.1) is 0 Å². The van der Waals surface area contributed by atoms with Crippen molar-refractivity contribution in [2.24, 2.45) is 5.10 Å². The Morgan fingerprint density at radius 3 is 3.20 bits per heavy atom. The summed E-state index contributed by atoms with van der Waals surface area (Å²) in [5.41, 5.74) is 3.13. The van der Waals surface area contributed by atoms with Gasteiger partial charge in [0.25, 0.3) is 5.56 Å². The molecule has 0 saturated heterocycles. The third-order valence-electron chi connectivity index (χ3n) is 2.29. The van der Waals surface area contributed by atoms with Crippen LogP contribution in [0.5, 0.6) is 5.75 Å². The molecule has 0 fully saturated rings. The number of anilines is 1. The van der Waals surface area contributed by atoms with Crippen molar-refractivity contribution in [3.63, 3.8) is 0 Å². The highest BCUT2D eigenvalue weighted by Gasteiger charge is 1.95. The van der Waals surface area contributed by atoms with Gasteiger partial charge in [0.2, 0.25) is 5.95 Å². The van der Waals surface area contributed by atoms with Crippen molar-refractivity contribution >= 4 is 12.2 Å². The highest BCUT2D eigenvalue weighted by molar-refractivity contribution is 5.80. The fourth-order valence-corrected chi connectivity index (χ4v) is 1.44. The van der Waals surface area contributed by atoms with Crippen molar-refractivity contribution in [3.05, 3.63) is 46.4 Å². The SMILES string of the molecule is CCCOc1cccc(/C=N/Nc2nncc(=O)[nH]2)c1. The summed E-state index contributed by atoms with van der Waals surface area (Å²) in [6.45, 7) is 2.73. The summed E-state index contributed by atoms with van der Waals surface area (Å²) in [6.07, 6.45) is 3.65. The second-order valence-corrected chi connectivity index (χ2v) is 3.97. The Bertz CT molecular complexity index is 638. The molecule has 0 aliphatic carbocycles. The molecule has 20 heavy (non-hydrogen) atoms. The molecular formula is C13H15N5O2. The quantitative estimate of drug-likeness (QED) is 0.613. The summed E-state index contributed by atoms with van der Waals surface area (Å²) in [6, 6.07) is 7.54.